The summed E-state index contributed by atoms with van der Waals surface area (Å²) in [6, 6.07) is 0.649. The van der Waals surface area contributed by atoms with Gasteiger partial charge in [0.2, 0.25) is 0 Å². The van der Waals surface area contributed by atoms with Gasteiger partial charge in [0.05, 0.1) is 0 Å². The van der Waals surface area contributed by atoms with Crippen LogP contribution in [0.15, 0.2) is 0 Å². The van der Waals surface area contributed by atoms with Crippen LogP contribution in [0.2, 0.25) is 0 Å². The molecule has 2 rings (SSSR count). The van der Waals surface area contributed by atoms with Gasteiger partial charge in [-0.15, -0.1) is 0 Å². The Morgan fingerprint density at radius 3 is 2.79 bits per heavy atom. The summed E-state index contributed by atoms with van der Waals surface area (Å²) in [5.74, 6) is 1.92. The van der Waals surface area contributed by atoms with Crippen molar-refractivity contribution in [3.05, 3.63) is 0 Å². The third-order valence-electron chi connectivity index (χ3n) is 3.89. The van der Waals surface area contributed by atoms with Gasteiger partial charge in [0.1, 0.15) is 5.78 Å². The van der Waals surface area contributed by atoms with Gasteiger partial charge in [0.25, 0.3) is 0 Å². The number of hydrogen-bond donors (Lipinski definition) is 1. The van der Waals surface area contributed by atoms with E-state index in [1.54, 1.807) is 0 Å². The zero-order chi connectivity index (χ0) is 10.1. The zero-order valence-electron chi connectivity index (χ0n) is 9.25. The molecule has 1 aliphatic heterocycles. The number of hydrogen-bond acceptors (Lipinski definition) is 2. The van der Waals surface area contributed by atoms with E-state index in [4.69, 9.17) is 0 Å². The van der Waals surface area contributed by atoms with Crippen LogP contribution in [0.5, 0.6) is 0 Å². The van der Waals surface area contributed by atoms with Gasteiger partial charge in [-0.25, -0.2) is 0 Å². The second kappa shape index (κ2) is 4.01. The molecule has 0 radical (unpaired) electrons. The number of fused-ring (bicyclic) bond motifs is 1. The Morgan fingerprint density at radius 2 is 2.07 bits per heavy atom. The van der Waals surface area contributed by atoms with Crippen LogP contribution < -0.4 is 5.32 Å². The highest BCUT2D eigenvalue weighted by molar-refractivity contribution is 5.82. The van der Waals surface area contributed by atoms with E-state index in [1.807, 2.05) is 13.8 Å². The average Bonchev–Trinajstić information content (AvgIpc) is 2.62. The summed E-state index contributed by atoms with van der Waals surface area (Å²) in [6.45, 7) is 5.21. The summed E-state index contributed by atoms with van der Waals surface area (Å²) >= 11 is 0. The van der Waals surface area contributed by atoms with Crippen molar-refractivity contribution in [3.8, 4) is 0 Å². The molecule has 3 atom stereocenters. The first-order valence-corrected chi connectivity index (χ1v) is 5.95. The van der Waals surface area contributed by atoms with Crippen LogP contribution in [0.1, 0.15) is 39.5 Å². The Bertz CT molecular complexity index is 224. The molecule has 14 heavy (non-hydrogen) atoms. The maximum absolute atomic E-state index is 11.9. The highest BCUT2D eigenvalue weighted by Crippen LogP contribution is 2.35. The van der Waals surface area contributed by atoms with Gasteiger partial charge in [-0.1, -0.05) is 13.8 Å². The number of rotatable bonds is 2. The number of ketones is 1. The molecule has 80 valence electrons. The molecule has 2 heteroatoms. The van der Waals surface area contributed by atoms with Crippen molar-refractivity contribution in [2.24, 2.45) is 17.8 Å². The van der Waals surface area contributed by atoms with Crippen molar-refractivity contribution in [1.29, 1.82) is 0 Å². The predicted molar refractivity (Wildman–Crippen MR) is 57.1 cm³/mol. The van der Waals surface area contributed by atoms with Gasteiger partial charge in [0, 0.05) is 17.9 Å². The van der Waals surface area contributed by atoms with E-state index in [2.05, 4.69) is 5.32 Å². The Labute approximate surface area is 86.5 Å². The molecule has 2 aliphatic rings. The fraction of sp³-hybridized carbons (Fsp3) is 0.917. The van der Waals surface area contributed by atoms with Crippen LogP contribution in [0.3, 0.4) is 0 Å². The van der Waals surface area contributed by atoms with Crippen LogP contribution in [0, 0.1) is 17.8 Å². The summed E-state index contributed by atoms with van der Waals surface area (Å²) in [6.07, 6.45) is 4.83. The highest BCUT2D eigenvalue weighted by atomic mass is 16.1. The maximum atomic E-state index is 11.9. The second-order valence-electron chi connectivity index (χ2n) is 5.18. The Balaban J connectivity index is 1.94. The molecule has 3 unspecified atom stereocenters. The highest BCUT2D eigenvalue weighted by Gasteiger charge is 2.36. The first-order chi connectivity index (χ1) is 6.68. The number of carbonyl (C=O) groups excluding carboxylic acids is 1. The fourth-order valence-corrected chi connectivity index (χ4v) is 3.01. The third-order valence-corrected chi connectivity index (χ3v) is 3.89. The third kappa shape index (κ3) is 1.85. The molecule has 0 spiro atoms. The molecule has 1 saturated carbocycles. The molecule has 0 bridgehead atoms. The molecule has 1 N–H and O–H groups in total. The minimum absolute atomic E-state index is 0.220. The largest absolute Gasteiger partial charge is 0.314 e. The first kappa shape index (κ1) is 10.2. The number of Topliss-reactive ketones (excluding diaryl/α,β-unsaturated/α-hetero) is 1. The molecule has 0 aromatic heterocycles. The van der Waals surface area contributed by atoms with Gasteiger partial charge >= 0.3 is 0 Å². The van der Waals surface area contributed by atoms with Gasteiger partial charge in [0.15, 0.2) is 0 Å². The smallest absolute Gasteiger partial charge is 0.138 e. The molecular weight excluding hydrogens is 174 g/mol. The van der Waals surface area contributed by atoms with Gasteiger partial charge in [-0.2, -0.15) is 0 Å². The minimum Gasteiger partial charge on any atom is -0.314 e. The zero-order valence-corrected chi connectivity index (χ0v) is 9.25. The molecular formula is C12H21NO. The predicted octanol–water partition coefficient (Wildman–Crippen LogP) is 1.99. The molecule has 1 saturated heterocycles. The lowest BCUT2D eigenvalue weighted by Gasteiger charge is -2.31. The first-order valence-electron chi connectivity index (χ1n) is 5.95. The molecule has 2 fully saturated rings. The topological polar surface area (TPSA) is 29.1 Å². The number of carbonyl (C=O) groups is 1. The summed E-state index contributed by atoms with van der Waals surface area (Å²) in [5, 5.41) is 3.53. The van der Waals surface area contributed by atoms with E-state index in [0.717, 1.165) is 25.3 Å². The lowest BCUT2D eigenvalue weighted by molar-refractivity contribution is -0.127. The molecule has 1 aliphatic carbocycles. The second-order valence-corrected chi connectivity index (χ2v) is 5.18. The summed E-state index contributed by atoms with van der Waals surface area (Å²) < 4.78 is 0. The van der Waals surface area contributed by atoms with Crippen molar-refractivity contribution in [2.45, 2.75) is 45.6 Å². The lowest BCUT2D eigenvalue weighted by Crippen LogP contribution is -2.37. The van der Waals surface area contributed by atoms with Crippen molar-refractivity contribution in [1.82, 2.24) is 5.32 Å². The van der Waals surface area contributed by atoms with Crippen molar-refractivity contribution >= 4 is 5.78 Å². The number of nitrogens with one attached hydrogen (secondary N) is 1. The Hall–Kier alpha value is -0.370. The summed E-state index contributed by atoms with van der Waals surface area (Å²) in [5.41, 5.74) is 0. The maximum Gasteiger partial charge on any atom is 0.138 e. The van der Waals surface area contributed by atoms with E-state index < -0.39 is 0 Å². The van der Waals surface area contributed by atoms with Crippen molar-refractivity contribution in [3.63, 3.8) is 0 Å². The van der Waals surface area contributed by atoms with E-state index in [1.165, 1.54) is 12.8 Å². The van der Waals surface area contributed by atoms with Crippen LogP contribution in [-0.2, 0) is 4.79 Å². The normalized spacial score (nSPS) is 37.2. The Morgan fingerprint density at radius 1 is 1.29 bits per heavy atom. The lowest BCUT2D eigenvalue weighted by atomic mass is 9.75. The standard InChI is InChI=1S/C12H21NO/c1-8(2)12(14)10-4-3-9-5-6-13-11(9)7-10/h8-11,13H,3-7H2,1-2H3. The van der Waals surface area contributed by atoms with Crippen molar-refractivity contribution in [2.75, 3.05) is 6.54 Å². The van der Waals surface area contributed by atoms with E-state index >= 15 is 0 Å². The molecule has 0 amide bonds. The van der Waals surface area contributed by atoms with Gasteiger partial charge in [-0.05, 0) is 38.1 Å². The van der Waals surface area contributed by atoms with E-state index in [-0.39, 0.29) is 5.92 Å². The average molecular weight is 195 g/mol. The summed E-state index contributed by atoms with van der Waals surface area (Å²) in [4.78, 5) is 11.9. The van der Waals surface area contributed by atoms with Crippen LogP contribution in [-0.4, -0.2) is 18.4 Å². The van der Waals surface area contributed by atoms with Crippen LogP contribution >= 0.6 is 0 Å². The van der Waals surface area contributed by atoms with Crippen LogP contribution in [0.25, 0.3) is 0 Å². The molecule has 2 nitrogen and oxygen atoms in total. The minimum atomic E-state index is 0.220. The van der Waals surface area contributed by atoms with E-state index in [9.17, 15) is 4.79 Å². The summed E-state index contributed by atoms with van der Waals surface area (Å²) in [7, 11) is 0. The van der Waals surface area contributed by atoms with E-state index in [0.29, 0.717) is 17.7 Å². The van der Waals surface area contributed by atoms with Crippen molar-refractivity contribution < 1.29 is 4.79 Å². The Kier molecular flexibility index (Phi) is 2.91. The molecule has 0 aromatic carbocycles. The molecule has 1 heterocycles. The van der Waals surface area contributed by atoms with Crippen LogP contribution in [0.4, 0.5) is 0 Å². The SMILES string of the molecule is CC(C)C(=O)C1CCC2CCNC2C1. The molecule has 0 aromatic rings. The van der Waals surface area contributed by atoms with Gasteiger partial charge in [-0.3, -0.25) is 4.79 Å². The quantitative estimate of drug-likeness (QED) is 0.730. The monoisotopic (exact) mass is 195 g/mol. The van der Waals surface area contributed by atoms with Gasteiger partial charge < -0.3 is 5.32 Å². The fourth-order valence-electron chi connectivity index (χ4n) is 3.01.